The van der Waals surface area contributed by atoms with Crippen LogP contribution in [0, 0.1) is 0 Å². The Morgan fingerprint density at radius 3 is 2.33 bits per heavy atom. The lowest BCUT2D eigenvalue weighted by Crippen LogP contribution is -2.21. The molecule has 0 aromatic heterocycles. The Bertz CT molecular complexity index is 442. The summed E-state index contributed by atoms with van der Waals surface area (Å²) in [6.07, 6.45) is 0.244. The Labute approximate surface area is 92.3 Å². The van der Waals surface area contributed by atoms with Crippen LogP contribution in [0.3, 0.4) is 0 Å². The molecule has 0 saturated heterocycles. The third kappa shape index (κ3) is 3.19. The summed E-state index contributed by atoms with van der Waals surface area (Å²) in [5.41, 5.74) is 0. The van der Waals surface area contributed by atoms with Crippen molar-refractivity contribution < 1.29 is 17.5 Å². The number of amides is 1. The van der Waals surface area contributed by atoms with Gasteiger partial charge in [-0.2, -0.15) is 8.42 Å². The zero-order chi connectivity index (χ0) is 11.5. The van der Waals surface area contributed by atoms with Crippen molar-refractivity contribution in [2.75, 3.05) is 7.05 Å². The molecule has 1 rings (SSSR count). The minimum Gasteiger partial charge on any atom is -0.276 e. The van der Waals surface area contributed by atoms with Crippen LogP contribution in [0.1, 0.15) is 0 Å². The van der Waals surface area contributed by atoms with E-state index in [1.807, 2.05) is 0 Å². The molecule has 0 radical (unpaired) electrons. The number of benzene rings is 1. The standard InChI is InChI=1S/C8H8ClNO4S/c1-10(6-11)14-15(12,13)8-4-2-7(9)3-5-8/h2-6H,1H3. The fourth-order valence-corrected chi connectivity index (χ4v) is 1.84. The molecular weight excluding hydrogens is 242 g/mol. The molecule has 0 unspecified atom stereocenters. The fourth-order valence-electron chi connectivity index (χ4n) is 0.817. The summed E-state index contributed by atoms with van der Waals surface area (Å²) in [4.78, 5) is 10.1. The molecule has 0 aliphatic carbocycles. The average molecular weight is 250 g/mol. The first-order valence-electron chi connectivity index (χ1n) is 3.84. The molecule has 0 heterocycles. The summed E-state index contributed by atoms with van der Waals surface area (Å²) < 4.78 is 27.3. The van der Waals surface area contributed by atoms with Gasteiger partial charge in [-0.25, -0.2) is 5.06 Å². The molecule has 1 amide bonds. The largest absolute Gasteiger partial charge is 0.317 e. The maximum absolute atomic E-state index is 11.4. The molecule has 1 aromatic rings. The van der Waals surface area contributed by atoms with Crippen molar-refractivity contribution in [3.05, 3.63) is 29.3 Å². The first-order chi connectivity index (χ1) is 6.95. The molecule has 0 aliphatic heterocycles. The molecule has 15 heavy (non-hydrogen) atoms. The molecular formula is C8H8ClNO4S. The minimum atomic E-state index is -3.95. The Morgan fingerprint density at radius 1 is 1.33 bits per heavy atom. The number of nitrogens with zero attached hydrogens (tertiary/aromatic N) is 1. The normalized spacial score (nSPS) is 11.1. The van der Waals surface area contributed by atoms with E-state index < -0.39 is 10.1 Å². The van der Waals surface area contributed by atoms with Crippen molar-refractivity contribution in [3.8, 4) is 0 Å². The minimum absolute atomic E-state index is 0.0689. The summed E-state index contributed by atoms with van der Waals surface area (Å²) in [5, 5.41) is 0.974. The maximum atomic E-state index is 11.4. The molecule has 0 N–H and O–H groups in total. The molecule has 0 fully saturated rings. The number of carbonyl (C=O) groups is 1. The Morgan fingerprint density at radius 2 is 1.87 bits per heavy atom. The van der Waals surface area contributed by atoms with E-state index in [1.54, 1.807) is 0 Å². The summed E-state index contributed by atoms with van der Waals surface area (Å²) in [6, 6.07) is 5.41. The molecule has 7 heteroatoms. The lowest BCUT2D eigenvalue weighted by Gasteiger charge is -2.10. The van der Waals surface area contributed by atoms with Crippen LogP contribution in [-0.2, 0) is 19.2 Å². The quantitative estimate of drug-likeness (QED) is 0.591. The second kappa shape index (κ2) is 4.61. The molecule has 0 atom stereocenters. The highest BCUT2D eigenvalue weighted by Gasteiger charge is 2.17. The molecule has 1 aromatic carbocycles. The molecule has 82 valence electrons. The van der Waals surface area contributed by atoms with Crippen LogP contribution in [0.4, 0.5) is 0 Å². The highest BCUT2D eigenvalue weighted by atomic mass is 35.5. The Balaban J connectivity index is 2.96. The van der Waals surface area contributed by atoms with Crippen molar-refractivity contribution in [1.29, 1.82) is 0 Å². The highest BCUT2D eigenvalue weighted by Crippen LogP contribution is 2.16. The van der Waals surface area contributed by atoms with Crippen LogP contribution in [0.5, 0.6) is 0 Å². The van der Waals surface area contributed by atoms with Gasteiger partial charge in [-0.3, -0.25) is 4.79 Å². The smallest absolute Gasteiger partial charge is 0.276 e. The van der Waals surface area contributed by atoms with Gasteiger partial charge in [0.25, 0.3) is 0 Å². The lowest BCUT2D eigenvalue weighted by atomic mass is 10.4. The van der Waals surface area contributed by atoms with Crippen LogP contribution < -0.4 is 0 Å². The van der Waals surface area contributed by atoms with E-state index in [-0.39, 0.29) is 11.3 Å². The molecule has 0 saturated carbocycles. The van der Waals surface area contributed by atoms with E-state index in [4.69, 9.17) is 11.6 Å². The van der Waals surface area contributed by atoms with Crippen molar-refractivity contribution in [2.24, 2.45) is 0 Å². The topological polar surface area (TPSA) is 63.7 Å². The predicted molar refractivity (Wildman–Crippen MR) is 53.5 cm³/mol. The molecule has 0 aliphatic rings. The number of carbonyl (C=O) groups excluding carboxylic acids is 1. The second-order valence-corrected chi connectivity index (χ2v) is 4.60. The van der Waals surface area contributed by atoms with Gasteiger partial charge in [-0.1, -0.05) is 11.6 Å². The molecule has 5 nitrogen and oxygen atoms in total. The zero-order valence-corrected chi connectivity index (χ0v) is 9.33. The number of halogens is 1. The van der Waals surface area contributed by atoms with Gasteiger partial charge in [-0.15, -0.1) is 4.28 Å². The molecule has 0 spiro atoms. The van der Waals surface area contributed by atoms with Gasteiger partial charge in [0.2, 0.25) is 6.41 Å². The van der Waals surface area contributed by atoms with Gasteiger partial charge in [0.15, 0.2) is 0 Å². The average Bonchev–Trinajstić information content (AvgIpc) is 2.17. The van der Waals surface area contributed by atoms with Gasteiger partial charge in [-0.05, 0) is 24.3 Å². The van der Waals surface area contributed by atoms with Crippen molar-refractivity contribution in [1.82, 2.24) is 5.06 Å². The van der Waals surface area contributed by atoms with E-state index in [9.17, 15) is 13.2 Å². The van der Waals surface area contributed by atoms with Gasteiger partial charge in [0.05, 0.1) is 4.90 Å². The van der Waals surface area contributed by atoms with E-state index in [1.165, 1.54) is 31.3 Å². The monoisotopic (exact) mass is 249 g/mol. The van der Waals surface area contributed by atoms with Crippen molar-refractivity contribution >= 4 is 28.1 Å². The summed E-state index contributed by atoms with van der Waals surface area (Å²) >= 11 is 5.59. The van der Waals surface area contributed by atoms with Crippen molar-refractivity contribution in [2.45, 2.75) is 4.90 Å². The maximum Gasteiger partial charge on any atom is 0.317 e. The number of rotatable bonds is 4. The van der Waals surface area contributed by atoms with Gasteiger partial charge in [0, 0.05) is 12.1 Å². The second-order valence-electron chi connectivity index (χ2n) is 2.63. The van der Waals surface area contributed by atoms with Gasteiger partial charge in [0.1, 0.15) is 0 Å². The van der Waals surface area contributed by atoms with Crippen LogP contribution in [-0.4, -0.2) is 26.9 Å². The third-order valence-electron chi connectivity index (χ3n) is 1.47. The highest BCUT2D eigenvalue weighted by molar-refractivity contribution is 7.86. The lowest BCUT2D eigenvalue weighted by molar-refractivity contribution is -0.136. The van der Waals surface area contributed by atoms with Gasteiger partial charge >= 0.3 is 10.1 Å². The number of hydrogen-bond donors (Lipinski definition) is 0. The summed E-state index contributed by atoms with van der Waals surface area (Å²) in [7, 11) is -2.77. The fraction of sp³-hybridized carbons (Fsp3) is 0.125. The van der Waals surface area contributed by atoms with Crippen LogP contribution in [0.15, 0.2) is 29.2 Å². The summed E-state index contributed by atoms with van der Waals surface area (Å²) in [5.74, 6) is 0. The zero-order valence-electron chi connectivity index (χ0n) is 7.75. The first-order valence-corrected chi connectivity index (χ1v) is 5.62. The first kappa shape index (κ1) is 12.0. The molecule has 0 bridgehead atoms. The van der Waals surface area contributed by atoms with Crippen LogP contribution in [0.2, 0.25) is 5.02 Å². The Hall–Kier alpha value is -1.11. The SMILES string of the molecule is CN(C=O)OS(=O)(=O)c1ccc(Cl)cc1. The Kier molecular flexibility index (Phi) is 3.67. The van der Waals surface area contributed by atoms with E-state index in [0.717, 1.165) is 0 Å². The van der Waals surface area contributed by atoms with E-state index in [2.05, 4.69) is 4.28 Å². The van der Waals surface area contributed by atoms with E-state index in [0.29, 0.717) is 10.1 Å². The predicted octanol–water partition coefficient (Wildman–Crippen LogP) is 1.05. The summed E-state index contributed by atoms with van der Waals surface area (Å²) in [6.45, 7) is 0. The third-order valence-corrected chi connectivity index (χ3v) is 3.00. The van der Waals surface area contributed by atoms with Crippen LogP contribution >= 0.6 is 11.6 Å². The number of hydroxylamine groups is 2. The van der Waals surface area contributed by atoms with Gasteiger partial charge < -0.3 is 0 Å². The van der Waals surface area contributed by atoms with Crippen LogP contribution in [0.25, 0.3) is 0 Å². The number of hydrogen-bond acceptors (Lipinski definition) is 4. The van der Waals surface area contributed by atoms with E-state index >= 15 is 0 Å². The van der Waals surface area contributed by atoms with Crippen molar-refractivity contribution in [3.63, 3.8) is 0 Å².